The largest absolute Gasteiger partial charge is 0.400 e. The average Bonchev–Trinajstić information content (AvgIpc) is 2.21. The number of hydrogen-bond acceptors (Lipinski definition) is 3. The van der Waals surface area contributed by atoms with E-state index < -0.39 is 0 Å². The van der Waals surface area contributed by atoms with Gasteiger partial charge in [-0.25, -0.2) is 0 Å². The Hall–Kier alpha value is -1.13. The first-order valence-electron chi connectivity index (χ1n) is 4.31. The molecular formula is C10H19NO3. The summed E-state index contributed by atoms with van der Waals surface area (Å²) in [7, 11) is 1.00. The Morgan fingerprint density at radius 1 is 1.57 bits per heavy atom. The van der Waals surface area contributed by atoms with Crippen LogP contribution in [0.4, 0.5) is 0 Å². The summed E-state index contributed by atoms with van der Waals surface area (Å²) in [6.07, 6.45) is 3.26. The first-order valence-corrected chi connectivity index (χ1v) is 4.31. The highest BCUT2D eigenvalue weighted by atomic mass is 16.5. The molecule has 0 aromatic rings. The van der Waals surface area contributed by atoms with E-state index in [-0.39, 0.29) is 5.91 Å². The van der Waals surface area contributed by atoms with Crippen LogP contribution >= 0.6 is 0 Å². The second kappa shape index (κ2) is 11.9. The molecule has 1 amide bonds. The van der Waals surface area contributed by atoms with Crippen molar-refractivity contribution >= 4 is 5.91 Å². The third-order valence-corrected chi connectivity index (χ3v) is 1.20. The molecule has 0 saturated carbocycles. The highest BCUT2D eigenvalue weighted by Gasteiger charge is 1.91. The lowest BCUT2D eigenvalue weighted by Gasteiger charge is -2.01. The van der Waals surface area contributed by atoms with E-state index in [4.69, 9.17) is 9.84 Å². The quantitative estimate of drug-likeness (QED) is 0.648. The van der Waals surface area contributed by atoms with Crippen molar-refractivity contribution in [1.29, 1.82) is 0 Å². The van der Waals surface area contributed by atoms with Gasteiger partial charge in [-0.3, -0.25) is 4.79 Å². The number of carbonyl (C=O) groups is 1. The minimum absolute atomic E-state index is 0.0918. The van der Waals surface area contributed by atoms with E-state index in [1.165, 1.54) is 6.92 Å². The second-order valence-corrected chi connectivity index (χ2v) is 2.26. The zero-order chi connectivity index (χ0) is 11.4. The Kier molecular flexibility index (Phi) is 13.0. The summed E-state index contributed by atoms with van der Waals surface area (Å²) in [5.74, 6) is -0.0918. The number of aliphatic hydroxyl groups is 1. The van der Waals surface area contributed by atoms with Gasteiger partial charge in [0.1, 0.15) is 0 Å². The lowest BCUT2D eigenvalue weighted by Crippen LogP contribution is -2.13. The van der Waals surface area contributed by atoms with Crippen LogP contribution in [0.1, 0.15) is 13.8 Å². The van der Waals surface area contributed by atoms with Gasteiger partial charge >= 0.3 is 0 Å². The molecule has 4 heteroatoms. The topological polar surface area (TPSA) is 58.6 Å². The van der Waals surface area contributed by atoms with Crippen LogP contribution in [0.25, 0.3) is 0 Å². The van der Waals surface area contributed by atoms with E-state index in [1.807, 2.05) is 6.92 Å². The smallest absolute Gasteiger partial charge is 0.220 e. The summed E-state index contributed by atoms with van der Waals surface area (Å²) in [6, 6.07) is 0. The van der Waals surface area contributed by atoms with Crippen molar-refractivity contribution in [2.75, 3.05) is 20.3 Å². The predicted molar refractivity (Wildman–Crippen MR) is 56.7 cm³/mol. The van der Waals surface area contributed by atoms with Crippen LogP contribution < -0.4 is 5.32 Å². The van der Waals surface area contributed by atoms with Gasteiger partial charge in [-0.15, -0.1) is 0 Å². The molecule has 0 fully saturated rings. The summed E-state index contributed by atoms with van der Waals surface area (Å²) in [6.45, 7) is 8.11. The van der Waals surface area contributed by atoms with Crippen LogP contribution in [-0.2, 0) is 9.53 Å². The van der Waals surface area contributed by atoms with Gasteiger partial charge in [-0.1, -0.05) is 12.7 Å². The first-order chi connectivity index (χ1) is 6.70. The van der Waals surface area contributed by atoms with Crippen molar-refractivity contribution in [3.05, 3.63) is 24.4 Å². The Bertz CT molecular complexity index is 188. The predicted octanol–water partition coefficient (Wildman–Crippen LogP) is 0.837. The van der Waals surface area contributed by atoms with Gasteiger partial charge in [0.2, 0.25) is 5.91 Å². The molecular weight excluding hydrogens is 182 g/mol. The normalized spacial score (nSPS) is 9.86. The molecule has 0 aromatic carbocycles. The molecule has 0 bridgehead atoms. The zero-order valence-corrected chi connectivity index (χ0v) is 9.04. The van der Waals surface area contributed by atoms with E-state index in [0.717, 1.165) is 12.7 Å². The third kappa shape index (κ3) is 10.9. The fourth-order valence-electron chi connectivity index (χ4n) is 0.574. The second-order valence-electron chi connectivity index (χ2n) is 2.26. The van der Waals surface area contributed by atoms with Crippen molar-refractivity contribution in [2.45, 2.75) is 13.8 Å². The molecule has 0 atom stereocenters. The fourth-order valence-corrected chi connectivity index (χ4v) is 0.574. The number of hydrogen-bond donors (Lipinski definition) is 2. The van der Waals surface area contributed by atoms with Gasteiger partial charge in [0.15, 0.2) is 0 Å². The number of nitrogens with one attached hydrogen (secondary N) is 1. The van der Waals surface area contributed by atoms with Crippen molar-refractivity contribution in [2.24, 2.45) is 0 Å². The Morgan fingerprint density at radius 2 is 2.14 bits per heavy atom. The molecule has 0 aliphatic heterocycles. The van der Waals surface area contributed by atoms with Crippen molar-refractivity contribution in [3.63, 3.8) is 0 Å². The van der Waals surface area contributed by atoms with Crippen LogP contribution in [0.5, 0.6) is 0 Å². The zero-order valence-electron chi connectivity index (χ0n) is 9.04. The van der Waals surface area contributed by atoms with Gasteiger partial charge < -0.3 is 15.2 Å². The molecule has 4 nitrogen and oxygen atoms in total. The Morgan fingerprint density at radius 3 is 2.50 bits per heavy atom. The molecule has 0 aliphatic rings. The van der Waals surface area contributed by atoms with Crippen LogP contribution in [0.15, 0.2) is 24.4 Å². The summed E-state index contributed by atoms with van der Waals surface area (Å²) in [5.41, 5.74) is 0.868. The number of aliphatic hydroxyl groups excluding tert-OH is 1. The van der Waals surface area contributed by atoms with Crippen molar-refractivity contribution < 1.29 is 14.6 Å². The SMILES string of the molecule is C=C/C(=C\NC(C)=O)COCC.CO. The molecule has 0 radical (unpaired) electrons. The van der Waals surface area contributed by atoms with Crippen molar-refractivity contribution in [1.82, 2.24) is 5.32 Å². The third-order valence-electron chi connectivity index (χ3n) is 1.20. The van der Waals surface area contributed by atoms with Gasteiger partial charge in [-0.05, 0) is 12.5 Å². The Labute approximate surface area is 85.3 Å². The maximum atomic E-state index is 10.5. The van der Waals surface area contributed by atoms with E-state index in [2.05, 4.69) is 11.9 Å². The van der Waals surface area contributed by atoms with Crippen molar-refractivity contribution in [3.8, 4) is 0 Å². The standard InChI is InChI=1S/C9H15NO2.CH4O/c1-4-9(7-12-5-2)6-10-8(3)11;1-2/h4,6H,1,5,7H2,2-3H3,(H,10,11);2H,1H3/b9-6+;. The molecule has 82 valence electrons. The van der Waals surface area contributed by atoms with Gasteiger partial charge in [0.25, 0.3) is 0 Å². The number of carbonyl (C=O) groups excluding carboxylic acids is 1. The van der Waals surface area contributed by atoms with E-state index >= 15 is 0 Å². The summed E-state index contributed by atoms with van der Waals surface area (Å²) >= 11 is 0. The molecule has 0 unspecified atom stereocenters. The van der Waals surface area contributed by atoms with Gasteiger partial charge in [0.05, 0.1) is 6.61 Å². The molecule has 0 saturated heterocycles. The van der Waals surface area contributed by atoms with E-state index in [1.54, 1.807) is 12.3 Å². The van der Waals surface area contributed by atoms with Gasteiger partial charge in [-0.2, -0.15) is 0 Å². The summed E-state index contributed by atoms with van der Waals surface area (Å²) in [5, 5.41) is 9.55. The maximum absolute atomic E-state index is 10.5. The van der Waals surface area contributed by atoms with Crippen LogP contribution in [-0.4, -0.2) is 31.3 Å². The Balaban J connectivity index is 0. The van der Waals surface area contributed by atoms with E-state index in [9.17, 15) is 4.79 Å². The molecule has 14 heavy (non-hydrogen) atoms. The maximum Gasteiger partial charge on any atom is 0.220 e. The highest BCUT2D eigenvalue weighted by molar-refractivity contribution is 5.74. The molecule has 0 aromatic heterocycles. The number of ether oxygens (including phenoxy) is 1. The molecule has 0 rings (SSSR count). The van der Waals surface area contributed by atoms with Crippen LogP contribution in [0.2, 0.25) is 0 Å². The van der Waals surface area contributed by atoms with Crippen LogP contribution in [0, 0.1) is 0 Å². The summed E-state index contributed by atoms with van der Waals surface area (Å²) < 4.78 is 5.13. The fraction of sp³-hybridized carbons (Fsp3) is 0.500. The lowest BCUT2D eigenvalue weighted by atomic mass is 10.3. The number of rotatable bonds is 5. The minimum Gasteiger partial charge on any atom is -0.400 e. The lowest BCUT2D eigenvalue weighted by molar-refractivity contribution is -0.118. The monoisotopic (exact) mass is 201 g/mol. The first kappa shape index (κ1) is 15.3. The average molecular weight is 201 g/mol. The van der Waals surface area contributed by atoms with E-state index in [0.29, 0.717) is 13.2 Å². The summed E-state index contributed by atoms with van der Waals surface area (Å²) in [4.78, 5) is 10.5. The minimum atomic E-state index is -0.0918. The van der Waals surface area contributed by atoms with Crippen LogP contribution in [0.3, 0.4) is 0 Å². The molecule has 2 N–H and O–H groups in total. The molecule has 0 aliphatic carbocycles. The number of amides is 1. The molecule has 0 spiro atoms. The molecule has 0 heterocycles. The highest BCUT2D eigenvalue weighted by Crippen LogP contribution is 1.94. The van der Waals surface area contributed by atoms with Gasteiger partial charge in [0, 0.05) is 26.8 Å².